The summed E-state index contributed by atoms with van der Waals surface area (Å²) in [5.41, 5.74) is 0. The van der Waals surface area contributed by atoms with E-state index < -0.39 is 20.0 Å². The number of hydrogen-bond acceptors (Lipinski definition) is 5. The minimum Gasteiger partial charge on any atom is -0.391 e. The van der Waals surface area contributed by atoms with Gasteiger partial charge in [0, 0.05) is 6.42 Å². The monoisotopic (exact) mass is 732 g/mol. The lowest BCUT2D eigenvalue weighted by atomic mass is 10.0. The number of aliphatic hydroxyl groups excluding tert-OH is 1. The number of allylic oxidation sites excluding steroid dienone is 2. The Bertz CT molecular complexity index is 834. The van der Waals surface area contributed by atoms with Crippen LogP contribution < -0.4 is 5.32 Å². The molecule has 0 spiro atoms. The zero-order valence-electron chi connectivity index (χ0n) is 33.7. The van der Waals surface area contributed by atoms with Crippen molar-refractivity contribution in [2.45, 2.75) is 206 Å². The van der Waals surface area contributed by atoms with Crippen molar-refractivity contribution in [2.24, 2.45) is 0 Å². The van der Waals surface area contributed by atoms with Gasteiger partial charge in [-0.3, -0.25) is 13.8 Å². The first-order chi connectivity index (χ1) is 24.0. The summed E-state index contributed by atoms with van der Waals surface area (Å²) in [6.07, 6.45) is 36.8. The maximum absolute atomic E-state index is 12.8. The largest absolute Gasteiger partial charge is 0.472 e. The maximum atomic E-state index is 12.8. The predicted molar refractivity (Wildman–Crippen MR) is 212 cm³/mol. The number of carbonyl (C=O) groups excluding carboxylic acids is 1. The molecule has 3 unspecified atom stereocenters. The zero-order valence-corrected chi connectivity index (χ0v) is 34.5. The van der Waals surface area contributed by atoms with Crippen LogP contribution in [0.15, 0.2) is 12.2 Å². The minimum atomic E-state index is -4.31. The molecule has 298 valence electrons. The molecule has 1 amide bonds. The molecule has 0 bridgehead atoms. The number of unbranched alkanes of at least 4 members (excludes halogenated alkanes) is 23. The SMILES string of the molecule is CCCCCC/C=C\CCCC(=O)NC(COP(=O)(O)OCC[N+](C)(C)C)C(O)CCCCCCCCCCCCCCCCCCCCC. The van der Waals surface area contributed by atoms with Crippen LogP contribution in [0.1, 0.15) is 194 Å². The average molecular weight is 732 g/mol. The number of likely N-dealkylation sites (N-methyl/N-ethyl adjacent to an activating group) is 1. The smallest absolute Gasteiger partial charge is 0.391 e. The second kappa shape index (κ2) is 34.0. The minimum absolute atomic E-state index is 0.0718. The number of rotatable bonds is 38. The van der Waals surface area contributed by atoms with E-state index >= 15 is 0 Å². The van der Waals surface area contributed by atoms with Crippen molar-refractivity contribution in [1.29, 1.82) is 0 Å². The van der Waals surface area contributed by atoms with Gasteiger partial charge in [-0.05, 0) is 32.1 Å². The number of carbonyl (C=O) groups is 1. The van der Waals surface area contributed by atoms with E-state index in [9.17, 15) is 19.4 Å². The highest BCUT2D eigenvalue weighted by molar-refractivity contribution is 7.47. The third kappa shape index (κ3) is 35.6. The van der Waals surface area contributed by atoms with E-state index in [4.69, 9.17) is 9.05 Å². The summed E-state index contributed by atoms with van der Waals surface area (Å²) in [6, 6.07) is -0.769. The van der Waals surface area contributed by atoms with Gasteiger partial charge in [0.05, 0.1) is 39.9 Å². The Hall–Kier alpha value is -0.760. The average Bonchev–Trinajstić information content (AvgIpc) is 3.06. The molecule has 0 aromatic rings. The molecule has 3 atom stereocenters. The molecule has 50 heavy (non-hydrogen) atoms. The molecule has 0 aliphatic carbocycles. The highest BCUT2D eigenvalue weighted by Crippen LogP contribution is 2.43. The summed E-state index contributed by atoms with van der Waals surface area (Å²) < 4.78 is 23.5. The molecule has 0 fully saturated rings. The second-order valence-electron chi connectivity index (χ2n) is 15.7. The van der Waals surface area contributed by atoms with Crippen molar-refractivity contribution >= 4 is 13.7 Å². The van der Waals surface area contributed by atoms with Gasteiger partial charge in [-0.1, -0.05) is 167 Å². The number of amides is 1. The van der Waals surface area contributed by atoms with Crippen molar-refractivity contribution in [2.75, 3.05) is 40.9 Å². The standard InChI is InChI=1S/C41H83N2O6P/c1-6-8-10-12-14-16-17-18-19-20-21-22-23-24-25-27-28-30-32-34-40(44)39(38-49-50(46,47)48-37-36-43(3,4)5)42-41(45)35-33-31-29-26-15-13-11-9-7-2/h26,29,39-40,44H,6-25,27-28,30-38H2,1-5H3,(H-,42,45,46,47)/p+1/b29-26-. The number of nitrogens with one attached hydrogen (secondary N) is 1. The number of nitrogens with zero attached hydrogens (tertiary/aromatic N) is 1. The molecular weight excluding hydrogens is 647 g/mol. The van der Waals surface area contributed by atoms with Gasteiger partial charge in [0.15, 0.2) is 0 Å². The molecule has 9 heteroatoms. The summed E-state index contributed by atoms with van der Waals surface area (Å²) in [4.78, 5) is 23.0. The van der Waals surface area contributed by atoms with E-state index in [1.54, 1.807) is 0 Å². The quantitative estimate of drug-likeness (QED) is 0.0253. The number of hydrogen-bond donors (Lipinski definition) is 3. The Morgan fingerprint density at radius 2 is 1.08 bits per heavy atom. The van der Waals surface area contributed by atoms with E-state index in [0.717, 1.165) is 32.1 Å². The Morgan fingerprint density at radius 1 is 0.660 bits per heavy atom. The van der Waals surface area contributed by atoms with Crippen molar-refractivity contribution in [3.63, 3.8) is 0 Å². The second-order valence-corrected chi connectivity index (χ2v) is 17.2. The van der Waals surface area contributed by atoms with Crippen LogP contribution in [0, 0.1) is 0 Å². The van der Waals surface area contributed by atoms with Gasteiger partial charge in [0.25, 0.3) is 0 Å². The zero-order chi connectivity index (χ0) is 37.2. The van der Waals surface area contributed by atoms with Gasteiger partial charge < -0.3 is 19.8 Å². The van der Waals surface area contributed by atoms with Gasteiger partial charge >= 0.3 is 7.82 Å². The Kier molecular flexibility index (Phi) is 33.5. The van der Waals surface area contributed by atoms with E-state index in [2.05, 4.69) is 31.3 Å². The fourth-order valence-corrected chi connectivity index (χ4v) is 6.84. The molecule has 0 saturated heterocycles. The van der Waals surface area contributed by atoms with E-state index in [1.807, 2.05) is 21.1 Å². The lowest BCUT2D eigenvalue weighted by molar-refractivity contribution is -0.870. The molecular formula is C41H84N2O6P+. The molecule has 0 aromatic heterocycles. The molecule has 0 heterocycles. The molecule has 8 nitrogen and oxygen atoms in total. The highest BCUT2D eigenvalue weighted by Gasteiger charge is 2.28. The van der Waals surface area contributed by atoms with Gasteiger partial charge in [-0.2, -0.15) is 0 Å². The Labute approximate surface area is 310 Å². The van der Waals surface area contributed by atoms with Gasteiger partial charge in [0.1, 0.15) is 13.2 Å². The molecule has 0 aromatic carbocycles. The van der Waals surface area contributed by atoms with Crippen LogP contribution in [0.4, 0.5) is 0 Å². The first-order valence-corrected chi connectivity index (χ1v) is 22.5. The summed E-state index contributed by atoms with van der Waals surface area (Å²) >= 11 is 0. The lowest BCUT2D eigenvalue weighted by Crippen LogP contribution is -2.46. The van der Waals surface area contributed by atoms with Crippen LogP contribution in [-0.2, 0) is 18.4 Å². The lowest BCUT2D eigenvalue weighted by Gasteiger charge is -2.26. The fourth-order valence-electron chi connectivity index (χ4n) is 6.11. The third-order valence-corrected chi connectivity index (χ3v) is 10.5. The molecule has 0 aliphatic heterocycles. The number of phosphoric acid groups is 1. The first kappa shape index (κ1) is 49.2. The predicted octanol–water partition coefficient (Wildman–Crippen LogP) is 11.2. The number of quaternary nitrogens is 1. The molecule has 3 N–H and O–H groups in total. The van der Waals surface area contributed by atoms with Crippen molar-refractivity contribution < 1.29 is 32.9 Å². The molecule has 0 rings (SSSR count). The third-order valence-electron chi connectivity index (χ3n) is 9.51. The molecule has 0 saturated carbocycles. The van der Waals surface area contributed by atoms with Gasteiger partial charge in [0.2, 0.25) is 5.91 Å². The van der Waals surface area contributed by atoms with Gasteiger partial charge in [-0.25, -0.2) is 4.57 Å². The summed E-state index contributed by atoms with van der Waals surface area (Å²) in [6.45, 7) is 4.83. The van der Waals surface area contributed by atoms with Crippen LogP contribution in [0.25, 0.3) is 0 Å². The van der Waals surface area contributed by atoms with Gasteiger partial charge in [-0.15, -0.1) is 0 Å². The van der Waals surface area contributed by atoms with Crippen LogP contribution in [-0.4, -0.2) is 73.4 Å². The maximum Gasteiger partial charge on any atom is 0.472 e. The summed E-state index contributed by atoms with van der Waals surface area (Å²) in [5, 5.41) is 13.9. The molecule has 0 aliphatic rings. The Morgan fingerprint density at radius 3 is 1.54 bits per heavy atom. The van der Waals surface area contributed by atoms with E-state index in [1.165, 1.54) is 128 Å². The number of aliphatic hydroxyl groups is 1. The fraction of sp³-hybridized carbons (Fsp3) is 0.927. The van der Waals surface area contributed by atoms with Crippen LogP contribution >= 0.6 is 7.82 Å². The summed E-state index contributed by atoms with van der Waals surface area (Å²) in [7, 11) is 1.60. The van der Waals surface area contributed by atoms with Crippen LogP contribution in [0.5, 0.6) is 0 Å². The molecule has 0 radical (unpaired) electrons. The van der Waals surface area contributed by atoms with Crippen molar-refractivity contribution in [3.05, 3.63) is 12.2 Å². The first-order valence-electron chi connectivity index (χ1n) is 21.1. The Balaban J connectivity index is 4.31. The highest BCUT2D eigenvalue weighted by atomic mass is 31.2. The topological polar surface area (TPSA) is 105 Å². The van der Waals surface area contributed by atoms with Crippen molar-refractivity contribution in [3.8, 4) is 0 Å². The van der Waals surface area contributed by atoms with Crippen molar-refractivity contribution in [1.82, 2.24) is 5.32 Å². The van der Waals surface area contributed by atoms with Crippen LogP contribution in [0.3, 0.4) is 0 Å². The number of phosphoric ester groups is 1. The normalized spacial score (nSPS) is 14.6. The van der Waals surface area contributed by atoms with E-state index in [0.29, 0.717) is 30.3 Å². The van der Waals surface area contributed by atoms with Crippen LogP contribution in [0.2, 0.25) is 0 Å². The van der Waals surface area contributed by atoms with E-state index in [-0.39, 0.29) is 19.1 Å². The summed E-state index contributed by atoms with van der Waals surface area (Å²) in [5.74, 6) is -0.180.